The first kappa shape index (κ1) is 17.0. The molecule has 4 N–H and O–H groups in total. The van der Waals surface area contributed by atoms with Gasteiger partial charge in [0, 0.05) is 29.8 Å². The van der Waals surface area contributed by atoms with Gasteiger partial charge in [-0.05, 0) is 31.0 Å². The average molecular weight is 331 g/mol. The summed E-state index contributed by atoms with van der Waals surface area (Å²) in [5, 5.41) is 15.8. The van der Waals surface area contributed by atoms with E-state index >= 15 is 0 Å². The number of hydrogen-bond donors (Lipinski definition) is 4. The lowest BCUT2D eigenvalue weighted by Crippen LogP contribution is -2.36. The van der Waals surface area contributed by atoms with Crippen molar-refractivity contribution < 1.29 is 9.72 Å². The smallest absolute Gasteiger partial charge is 0.269 e. The molecule has 0 unspecified atom stereocenters. The quantitative estimate of drug-likeness (QED) is 0.446. The Bertz CT molecular complexity index is 819. The van der Waals surface area contributed by atoms with Crippen molar-refractivity contribution in [3.05, 3.63) is 68.1 Å². The van der Waals surface area contributed by atoms with Gasteiger partial charge in [0.25, 0.3) is 11.2 Å². The van der Waals surface area contributed by atoms with Gasteiger partial charge in [0.05, 0.1) is 10.6 Å². The molecule has 2 rings (SSSR count). The Morgan fingerprint density at radius 2 is 1.92 bits per heavy atom. The monoisotopic (exact) mass is 331 g/mol. The van der Waals surface area contributed by atoms with Gasteiger partial charge in [-0.3, -0.25) is 35.7 Å². The van der Waals surface area contributed by atoms with Crippen molar-refractivity contribution in [2.45, 2.75) is 19.8 Å². The number of carbonyl (C=O) groups excluding carboxylic acids is 1. The highest BCUT2D eigenvalue weighted by Crippen LogP contribution is 2.15. The average Bonchev–Trinajstić information content (AvgIpc) is 2.89. The minimum absolute atomic E-state index is 0.0253. The Balaban J connectivity index is 1.84. The summed E-state index contributed by atoms with van der Waals surface area (Å²) in [7, 11) is 0. The van der Waals surface area contributed by atoms with Gasteiger partial charge in [0.1, 0.15) is 0 Å². The number of benzene rings is 1. The highest BCUT2D eigenvalue weighted by atomic mass is 16.6. The van der Waals surface area contributed by atoms with E-state index in [0.29, 0.717) is 28.9 Å². The van der Waals surface area contributed by atoms with E-state index in [1.165, 1.54) is 24.3 Å². The number of hydrazine groups is 1. The topological polar surface area (TPSA) is 133 Å². The lowest BCUT2D eigenvalue weighted by atomic mass is 10.1. The van der Waals surface area contributed by atoms with Crippen LogP contribution in [0.2, 0.25) is 0 Å². The number of rotatable bonds is 7. The number of non-ortho nitro benzene ring substituents is 1. The van der Waals surface area contributed by atoms with Crippen LogP contribution in [0.4, 0.5) is 5.69 Å². The number of aryl methyl sites for hydroxylation is 1. The Kier molecular flexibility index (Phi) is 5.15. The van der Waals surface area contributed by atoms with Crippen LogP contribution < -0.4 is 16.4 Å². The number of carbonyl (C=O) groups is 1. The van der Waals surface area contributed by atoms with Gasteiger partial charge in [-0.15, -0.1) is 0 Å². The van der Waals surface area contributed by atoms with E-state index in [1.807, 2.05) is 0 Å². The molecule has 0 atom stereocenters. The van der Waals surface area contributed by atoms with Crippen molar-refractivity contribution in [1.82, 2.24) is 21.0 Å². The molecule has 9 heteroatoms. The highest BCUT2D eigenvalue weighted by Gasteiger charge is 2.10. The van der Waals surface area contributed by atoms with Crippen LogP contribution >= 0.6 is 0 Å². The zero-order chi connectivity index (χ0) is 17.7. The number of aromatic amines is 2. The molecule has 1 aromatic carbocycles. The molecule has 0 saturated carbocycles. The van der Waals surface area contributed by atoms with Gasteiger partial charge in [-0.2, -0.15) is 0 Å². The van der Waals surface area contributed by atoms with E-state index in [0.717, 1.165) is 0 Å². The Labute approximate surface area is 136 Å². The molecule has 1 aromatic heterocycles. The van der Waals surface area contributed by atoms with E-state index < -0.39 is 4.92 Å². The molecule has 0 aliphatic heterocycles. The summed E-state index contributed by atoms with van der Waals surface area (Å²) in [5.74, 6) is -0.307. The molecule has 0 aliphatic carbocycles. The zero-order valence-corrected chi connectivity index (χ0v) is 13.0. The van der Waals surface area contributed by atoms with Gasteiger partial charge < -0.3 is 5.10 Å². The van der Waals surface area contributed by atoms with Crippen LogP contribution in [-0.4, -0.2) is 21.0 Å². The van der Waals surface area contributed by atoms with E-state index in [1.54, 1.807) is 6.92 Å². The van der Waals surface area contributed by atoms with Crippen molar-refractivity contribution >= 4 is 17.3 Å². The summed E-state index contributed by atoms with van der Waals surface area (Å²) >= 11 is 0. The lowest BCUT2D eigenvalue weighted by molar-refractivity contribution is -0.384. The molecular formula is C15H17N5O4. The number of H-pyrrole nitrogens is 2. The predicted octanol–water partition coefficient (Wildman–Crippen LogP) is 1.14. The summed E-state index contributed by atoms with van der Waals surface area (Å²) in [6.45, 7) is 5.50. The van der Waals surface area contributed by atoms with Crippen molar-refractivity contribution in [3.63, 3.8) is 0 Å². The fourth-order valence-electron chi connectivity index (χ4n) is 2.08. The highest BCUT2D eigenvalue weighted by molar-refractivity contribution is 5.77. The molecule has 126 valence electrons. The number of hydrogen-bond acceptors (Lipinski definition) is 5. The van der Waals surface area contributed by atoms with Gasteiger partial charge in [-0.25, -0.2) is 0 Å². The summed E-state index contributed by atoms with van der Waals surface area (Å²) in [5.41, 5.74) is 7.12. The van der Waals surface area contributed by atoms with E-state index in [-0.39, 0.29) is 23.6 Å². The van der Waals surface area contributed by atoms with Crippen LogP contribution in [-0.2, 0) is 11.2 Å². The maximum atomic E-state index is 11.8. The summed E-state index contributed by atoms with van der Waals surface area (Å²) in [6, 6.07) is 5.76. The number of nitro groups is 1. The van der Waals surface area contributed by atoms with Gasteiger partial charge in [-0.1, -0.05) is 6.58 Å². The SMILES string of the molecule is C=C(NNC(=O)CCc1c(C)[nH][nH]c1=O)c1ccc([N+](=O)[O-])cc1. The van der Waals surface area contributed by atoms with Crippen molar-refractivity contribution in [1.29, 1.82) is 0 Å². The van der Waals surface area contributed by atoms with Gasteiger partial charge in [0.2, 0.25) is 5.91 Å². The molecule has 0 bridgehead atoms. The largest absolute Gasteiger partial charge is 0.302 e. The third-order valence-electron chi connectivity index (χ3n) is 3.47. The van der Waals surface area contributed by atoms with Crippen LogP contribution in [0, 0.1) is 17.0 Å². The third kappa shape index (κ3) is 4.09. The summed E-state index contributed by atoms with van der Waals surface area (Å²) in [4.78, 5) is 33.4. The van der Waals surface area contributed by atoms with E-state index in [2.05, 4.69) is 27.6 Å². The first-order valence-electron chi connectivity index (χ1n) is 7.13. The fourth-order valence-corrected chi connectivity index (χ4v) is 2.08. The lowest BCUT2D eigenvalue weighted by Gasteiger charge is -2.11. The number of nitro benzene ring substituents is 1. The molecule has 2 aromatic rings. The Morgan fingerprint density at radius 3 is 2.46 bits per heavy atom. The number of nitrogens with one attached hydrogen (secondary N) is 4. The second-order valence-electron chi connectivity index (χ2n) is 5.14. The van der Waals surface area contributed by atoms with Gasteiger partial charge in [0.15, 0.2) is 0 Å². The first-order valence-corrected chi connectivity index (χ1v) is 7.13. The first-order chi connectivity index (χ1) is 11.4. The molecule has 0 spiro atoms. The van der Waals surface area contributed by atoms with Crippen LogP contribution in [0.25, 0.3) is 5.70 Å². The maximum Gasteiger partial charge on any atom is 0.269 e. The Morgan fingerprint density at radius 1 is 1.25 bits per heavy atom. The molecule has 0 aliphatic rings. The summed E-state index contributed by atoms with van der Waals surface area (Å²) in [6.07, 6.45) is 0.435. The maximum absolute atomic E-state index is 11.8. The van der Waals surface area contributed by atoms with Crippen molar-refractivity contribution in [3.8, 4) is 0 Å². The van der Waals surface area contributed by atoms with Crippen LogP contribution in [0.5, 0.6) is 0 Å². The molecule has 0 radical (unpaired) electrons. The minimum Gasteiger partial charge on any atom is -0.302 e. The standard InChI is InChI=1S/C15H17N5O4/c1-9(11-3-5-12(6-4-11)20(23)24)16-18-14(21)8-7-13-10(2)17-19-15(13)22/h3-6,16H,1,7-8H2,2H3,(H,18,21)(H2,17,19,22). The molecular weight excluding hydrogens is 314 g/mol. The summed E-state index contributed by atoms with van der Waals surface area (Å²) < 4.78 is 0. The molecule has 1 amide bonds. The van der Waals surface area contributed by atoms with E-state index in [4.69, 9.17) is 0 Å². The van der Waals surface area contributed by atoms with Crippen LogP contribution in [0.3, 0.4) is 0 Å². The van der Waals surface area contributed by atoms with E-state index in [9.17, 15) is 19.7 Å². The normalized spacial score (nSPS) is 10.2. The molecule has 24 heavy (non-hydrogen) atoms. The number of nitrogens with zero attached hydrogens (tertiary/aromatic N) is 1. The minimum atomic E-state index is -0.494. The molecule has 0 saturated heterocycles. The molecule has 9 nitrogen and oxygen atoms in total. The number of amides is 1. The second-order valence-corrected chi connectivity index (χ2v) is 5.14. The van der Waals surface area contributed by atoms with Crippen LogP contribution in [0.1, 0.15) is 23.2 Å². The molecule has 1 heterocycles. The zero-order valence-electron chi connectivity index (χ0n) is 13.0. The number of aromatic nitrogens is 2. The van der Waals surface area contributed by atoms with Crippen molar-refractivity contribution in [2.24, 2.45) is 0 Å². The predicted molar refractivity (Wildman–Crippen MR) is 87.9 cm³/mol. The third-order valence-corrected chi connectivity index (χ3v) is 3.47. The Hall–Kier alpha value is -3.36. The van der Waals surface area contributed by atoms with Crippen LogP contribution in [0.15, 0.2) is 35.6 Å². The van der Waals surface area contributed by atoms with Gasteiger partial charge >= 0.3 is 0 Å². The second kappa shape index (κ2) is 7.27. The molecule has 0 fully saturated rings. The fraction of sp³-hybridized carbons (Fsp3) is 0.200. The van der Waals surface area contributed by atoms with Crippen molar-refractivity contribution in [2.75, 3.05) is 0 Å².